The lowest BCUT2D eigenvalue weighted by Crippen LogP contribution is -2.43. The van der Waals surface area contributed by atoms with Gasteiger partial charge in [-0.1, -0.05) is 32.9 Å². The number of allylic oxidation sites excluding steroid dienone is 1. The van der Waals surface area contributed by atoms with Crippen molar-refractivity contribution in [3.8, 4) is 23.0 Å². The quantitative estimate of drug-likeness (QED) is 0.460. The summed E-state index contributed by atoms with van der Waals surface area (Å²) < 4.78 is 23.3. The average Bonchev–Trinajstić information content (AvgIpc) is 2.93. The SMILES string of the molecule is COc1cc(C2=CCCCc3cc(O[Si](C)(C)C(C)(C)C)ccc32)cc(OC)c1OC. The van der Waals surface area contributed by atoms with Crippen molar-refractivity contribution in [3.63, 3.8) is 0 Å². The maximum atomic E-state index is 6.58. The Morgan fingerprint density at radius 2 is 1.52 bits per heavy atom. The highest BCUT2D eigenvalue weighted by Gasteiger charge is 2.39. The van der Waals surface area contributed by atoms with E-state index in [-0.39, 0.29) is 5.04 Å². The van der Waals surface area contributed by atoms with Gasteiger partial charge in [-0.3, -0.25) is 0 Å². The van der Waals surface area contributed by atoms with Gasteiger partial charge in [-0.25, -0.2) is 0 Å². The number of methoxy groups -OCH3 is 3. The second-order valence-electron chi connectivity index (χ2n) is 9.61. The second kappa shape index (κ2) is 8.99. The first-order chi connectivity index (χ1) is 14.6. The molecule has 0 unspecified atom stereocenters. The van der Waals surface area contributed by atoms with Crippen LogP contribution >= 0.6 is 0 Å². The second-order valence-corrected chi connectivity index (χ2v) is 14.3. The maximum Gasteiger partial charge on any atom is 0.250 e. The highest BCUT2D eigenvalue weighted by molar-refractivity contribution is 6.74. The number of fused-ring (bicyclic) bond motifs is 1. The molecule has 2 aromatic carbocycles. The molecule has 31 heavy (non-hydrogen) atoms. The van der Waals surface area contributed by atoms with E-state index >= 15 is 0 Å². The Labute approximate surface area is 188 Å². The minimum absolute atomic E-state index is 0.168. The Hall–Kier alpha value is -2.40. The van der Waals surface area contributed by atoms with Gasteiger partial charge in [-0.15, -0.1) is 0 Å². The van der Waals surface area contributed by atoms with Gasteiger partial charge in [0.1, 0.15) is 5.75 Å². The smallest absolute Gasteiger partial charge is 0.250 e. The molecule has 0 N–H and O–H groups in total. The lowest BCUT2D eigenvalue weighted by atomic mass is 9.93. The molecule has 0 saturated heterocycles. The van der Waals surface area contributed by atoms with E-state index in [0.717, 1.165) is 30.6 Å². The molecule has 0 spiro atoms. The molecule has 0 heterocycles. The topological polar surface area (TPSA) is 36.9 Å². The van der Waals surface area contributed by atoms with Gasteiger partial charge < -0.3 is 18.6 Å². The molecule has 0 radical (unpaired) electrons. The lowest BCUT2D eigenvalue weighted by Gasteiger charge is -2.36. The summed E-state index contributed by atoms with van der Waals surface area (Å²) in [7, 11) is 3.06. The van der Waals surface area contributed by atoms with Gasteiger partial charge >= 0.3 is 0 Å². The van der Waals surface area contributed by atoms with Crippen LogP contribution in [0.1, 0.15) is 50.3 Å². The predicted molar refractivity (Wildman–Crippen MR) is 130 cm³/mol. The van der Waals surface area contributed by atoms with Crippen molar-refractivity contribution in [2.75, 3.05) is 21.3 Å². The van der Waals surface area contributed by atoms with Gasteiger partial charge in [0, 0.05) is 0 Å². The zero-order chi connectivity index (χ0) is 22.8. The highest BCUT2D eigenvalue weighted by Crippen LogP contribution is 2.43. The zero-order valence-electron chi connectivity index (χ0n) is 20.2. The number of benzene rings is 2. The van der Waals surface area contributed by atoms with Crippen LogP contribution in [-0.4, -0.2) is 29.6 Å². The predicted octanol–water partition coefficient (Wildman–Crippen LogP) is 6.86. The van der Waals surface area contributed by atoms with Crippen LogP contribution in [0.3, 0.4) is 0 Å². The van der Waals surface area contributed by atoms with E-state index in [1.807, 2.05) is 12.1 Å². The third kappa shape index (κ3) is 4.77. The molecule has 0 bridgehead atoms. The van der Waals surface area contributed by atoms with E-state index in [0.29, 0.717) is 17.2 Å². The van der Waals surface area contributed by atoms with E-state index < -0.39 is 8.32 Å². The minimum Gasteiger partial charge on any atom is -0.543 e. The molecule has 168 valence electrons. The molecule has 2 aromatic rings. The largest absolute Gasteiger partial charge is 0.543 e. The number of hydrogen-bond acceptors (Lipinski definition) is 4. The van der Waals surface area contributed by atoms with Gasteiger partial charge in [0.05, 0.1) is 21.3 Å². The summed E-state index contributed by atoms with van der Waals surface area (Å²) in [6, 6.07) is 10.6. The van der Waals surface area contributed by atoms with Crippen LogP contribution in [0.4, 0.5) is 0 Å². The molecule has 4 nitrogen and oxygen atoms in total. The van der Waals surface area contributed by atoms with Gasteiger partial charge in [-0.05, 0) is 83.9 Å². The molecule has 0 saturated carbocycles. The molecule has 0 amide bonds. The Kier molecular flexibility index (Phi) is 6.75. The molecule has 0 fully saturated rings. The summed E-state index contributed by atoms with van der Waals surface area (Å²) in [5, 5.41) is 0.168. The summed E-state index contributed by atoms with van der Waals surface area (Å²) in [4.78, 5) is 0. The molecule has 1 aliphatic carbocycles. The summed E-state index contributed by atoms with van der Waals surface area (Å²) >= 11 is 0. The standard InChI is InChI=1S/C26H36O4Si/c1-26(2,3)31(7,8)30-20-13-14-22-18(15-20)11-9-10-12-21(22)19-16-23(27-4)25(29-6)24(17-19)28-5/h12-17H,9-11H2,1-8H3. The number of aryl methyl sites for hydroxylation is 1. The molecular weight excluding hydrogens is 404 g/mol. The van der Waals surface area contributed by atoms with Crippen molar-refractivity contribution in [2.24, 2.45) is 0 Å². The van der Waals surface area contributed by atoms with Crippen LogP contribution in [0.25, 0.3) is 5.57 Å². The number of rotatable bonds is 6. The van der Waals surface area contributed by atoms with E-state index in [4.69, 9.17) is 18.6 Å². The Morgan fingerprint density at radius 1 is 0.871 bits per heavy atom. The fourth-order valence-electron chi connectivity index (χ4n) is 3.71. The van der Waals surface area contributed by atoms with Crippen LogP contribution in [0.2, 0.25) is 18.1 Å². The Bertz CT molecular complexity index is 945. The van der Waals surface area contributed by atoms with E-state index in [2.05, 4.69) is 58.1 Å². The zero-order valence-corrected chi connectivity index (χ0v) is 21.2. The number of hydrogen-bond donors (Lipinski definition) is 0. The van der Waals surface area contributed by atoms with Crippen molar-refractivity contribution in [1.29, 1.82) is 0 Å². The first-order valence-corrected chi connectivity index (χ1v) is 13.8. The van der Waals surface area contributed by atoms with Crippen molar-refractivity contribution in [2.45, 2.75) is 58.2 Å². The van der Waals surface area contributed by atoms with Crippen molar-refractivity contribution >= 4 is 13.9 Å². The van der Waals surface area contributed by atoms with E-state index in [1.54, 1.807) is 21.3 Å². The lowest BCUT2D eigenvalue weighted by molar-refractivity contribution is 0.324. The van der Waals surface area contributed by atoms with Crippen molar-refractivity contribution < 1.29 is 18.6 Å². The van der Waals surface area contributed by atoms with Gasteiger partial charge in [-0.2, -0.15) is 0 Å². The fraction of sp³-hybridized carbons (Fsp3) is 0.462. The van der Waals surface area contributed by atoms with Crippen LogP contribution in [-0.2, 0) is 6.42 Å². The van der Waals surface area contributed by atoms with Crippen LogP contribution in [0.5, 0.6) is 23.0 Å². The van der Waals surface area contributed by atoms with E-state index in [9.17, 15) is 0 Å². The summed E-state index contributed by atoms with van der Waals surface area (Å²) in [6.07, 6.45) is 5.50. The highest BCUT2D eigenvalue weighted by atomic mass is 28.4. The monoisotopic (exact) mass is 440 g/mol. The van der Waals surface area contributed by atoms with Gasteiger partial charge in [0.15, 0.2) is 11.5 Å². The fourth-order valence-corrected chi connectivity index (χ4v) is 4.73. The van der Waals surface area contributed by atoms with Gasteiger partial charge in [0.25, 0.3) is 0 Å². The molecular formula is C26H36O4Si. The third-order valence-electron chi connectivity index (χ3n) is 6.52. The normalized spacial score (nSPS) is 14.3. The van der Waals surface area contributed by atoms with Crippen molar-refractivity contribution in [1.82, 2.24) is 0 Å². The minimum atomic E-state index is -1.88. The van der Waals surface area contributed by atoms with Gasteiger partial charge in [0.2, 0.25) is 14.1 Å². The summed E-state index contributed by atoms with van der Waals surface area (Å²) in [5.74, 6) is 2.93. The molecule has 0 aromatic heterocycles. The maximum absolute atomic E-state index is 6.58. The van der Waals surface area contributed by atoms with Crippen LogP contribution in [0, 0.1) is 0 Å². The Morgan fingerprint density at radius 3 is 2.06 bits per heavy atom. The van der Waals surface area contributed by atoms with Crippen molar-refractivity contribution in [3.05, 3.63) is 53.1 Å². The third-order valence-corrected chi connectivity index (χ3v) is 10.9. The molecule has 0 aliphatic heterocycles. The first-order valence-electron chi connectivity index (χ1n) is 10.9. The molecule has 5 heteroatoms. The van der Waals surface area contributed by atoms with Crippen LogP contribution < -0.4 is 18.6 Å². The average molecular weight is 441 g/mol. The first kappa shape index (κ1) is 23.3. The molecule has 3 rings (SSSR count). The van der Waals surface area contributed by atoms with E-state index in [1.165, 1.54) is 16.7 Å². The van der Waals surface area contributed by atoms with Crippen LogP contribution in [0.15, 0.2) is 36.4 Å². The number of ether oxygens (including phenoxy) is 3. The summed E-state index contributed by atoms with van der Waals surface area (Å²) in [5.41, 5.74) is 4.84. The molecule has 0 atom stereocenters. The molecule has 1 aliphatic rings. The summed E-state index contributed by atoms with van der Waals surface area (Å²) in [6.45, 7) is 11.4. The Balaban J connectivity index is 2.04.